The first kappa shape index (κ1) is 15.9. The van der Waals surface area contributed by atoms with Crippen LogP contribution in [0.15, 0.2) is 24.3 Å². The molecular formula is C20H28N2O2. The van der Waals surface area contributed by atoms with E-state index in [9.17, 15) is 4.79 Å². The van der Waals surface area contributed by atoms with Gasteiger partial charge < -0.3 is 10.1 Å². The summed E-state index contributed by atoms with van der Waals surface area (Å²) in [5.74, 6) is 2.87. The number of rotatable bonds is 7. The summed E-state index contributed by atoms with van der Waals surface area (Å²) in [6.45, 7) is 4.82. The third-order valence-corrected chi connectivity index (χ3v) is 5.97. The highest BCUT2D eigenvalue weighted by molar-refractivity contribution is 5.82. The standard InChI is InChI=1S/C20H28N2O2/c23-20(19-17-4-3-5-18(17)19)21-14-15-6-8-16(9-7-15)24-13-12-22-10-1-2-11-22/h6-9,17-19H,1-5,10-14H2,(H,21,23)/t17-,18-/m0/s1. The molecule has 1 aromatic carbocycles. The number of carbonyl (C=O) groups is 1. The van der Waals surface area contributed by atoms with Crippen molar-refractivity contribution in [1.29, 1.82) is 0 Å². The van der Waals surface area contributed by atoms with Crippen LogP contribution < -0.4 is 10.1 Å². The second kappa shape index (κ2) is 7.14. The van der Waals surface area contributed by atoms with Crippen LogP contribution in [0.2, 0.25) is 0 Å². The van der Waals surface area contributed by atoms with Crippen molar-refractivity contribution in [2.75, 3.05) is 26.2 Å². The first-order chi connectivity index (χ1) is 11.8. The van der Waals surface area contributed by atoms with Crippen molar-refractivity contribution in [2.24, 2.45) is 17.8 Å². The normalized spacial score (nSPS) is 28.6. The smallest absolute Gasteiger partial charge is 0.223 e. The summed E-state index contributed by atoms with van der Waals surface area (Å²) < 4.78 is 5.82. The maximum absolute atomic E-state index is 12.2. The Bertz CT molecular complexity index is 556. The van der Waals surface area contributed by atoms with E-state index in [2.05, 4.69) is 22.3 Å². The molecule has 1 heterocycles. The van der Waals surface area contributed by atoms with Gasteiger partial charge in [0.1, 0.15) is 12.4 Å². The van der Waals surface area contributed by atoms with Crippen LogP contribution in [0.5, 0.6) is 5.75 Å². The first-order valence-electron chi connectivity index (χ1n) is 9.53. The van der Waals surface area contributed by atoms with E-state index in [1.165, 1.54) is 45.2 Å². The molecule has 2 saturated carbocycles. The predicted octanol–water partition coefficient (Wildman–Crippen LogP) is 2.82. The summed E-state index contributed by atoms with van der Waals surface area (Å²) in [4.78, 5) is 14.6. The van der Waals surface area contributed by atoms with Crippen LogP contribution in [0.3, 0.4) is 0 Å². The number of benzene rings is 1. The number of fused-ring (bicyclic) bond motifs is 1. The van der Waals surface area contributed by atoms with Gasteiger partial charge in [-0.15, -0.1) is 0 Å². The van der Waals surface area contributed by atoms with Gasteiger partial charge in [0.2, 0.25) is 5.91 Å². The molecule has 0 radical (unpaired) electrons. The summed E-state index contributed by atoms with van der Waals surface area (Å²) in [6, 6.07) is 8.13. The number of carbonyl (C=O) groups excluding carboxylic acids is 1. The fourth-order valence-corrected chi connectivity index (χ4v) is 4.52. The summed E-state index contributed by atoms with van der Waals surface area (Å²) >= 11 is 0. The molecule has 4 rings (SSSR count). The Labute approximate surface area is 144 Å². The van der Waals surface area contributed by atoms with Gasteiger partial charge in [0.05, 0.1) is 0 Å². The summed E-state index contributed by atoms with van der Waals surface area (Å²) in [6.07, 6.45) is 6.47. The Kier molecular flexibility index (Phi) is 4.74. The zero-order valence-corrected chi connectivity index (χ0v) is 14.4. The number of nitrogens with zero attached hydrogens (tertiary/aromatic N) is 1. The van der Waals surface area contributed by atoms with E-state index in [0.717, 1.165) is 24.5 Å². The quantitative estimate of drug-likeness (QED) is 0.837. The molecule has 2 atom stereocenters. The monoisotopic (exact) mass is 328 g/mol. The van der Waals surface area contributed by atoms with Crippen molar-refractivity contribution in [3.63, 3.8) is 0 Å². The molecule has 1 saturated heterocycles. The van der Waals surface area contributed by atoms with Crippen LogP contribution in [-0.2, 0) is 11.3 Å². The summed E-state index contributed by atoms with van der Waals surface area (Å²) in [7, 11) is 0. The van der Waals surface area contributed by atoms with Gasteiger partial charge in [-0.25, -0.2) is 0 Å². The molecular weight excluding hydrogens is 300 g/mol. The van der Waals surface area contributed by atoms with Gasteiger partial charge in [0.25, 0.3) is 0 Å². The maximum Gasteiger partial charge on any atom is 0.223 e. The molecule has 0 unspecified atom stereocenters. The number of hydrogen-bond donors (Lipinski definition) is 1. The lowest BCUT2D eigenvalue weighted by Gasteiger charge is -2.15. The average Bonchev–Trinajstić information content (AvgIpc) is 3.01. The Morgan fingerprint density at radius 2 is 1.79 bits per heavy atom. The zero-order valence-electron chi connectivity index (χ0n) is 14.4. The zero-order chi connectivity index (χ0) is 16.4. The average molecular weight is 328 g/mol. The van der Waals surface area contributed by atoms with E-state index < -0.39 is 0 Å². The Morgan fingerprint density at radius 1 is 1.08 bits per heavy atom. The van der Waals surface area contributed by atoms with Gasteiger partial charge in [0.15, 0.2) is 0 Å². The topological polar surface area (TPSA) is 41.6 Å². The maximum atomic E-state index is 12.2. The van der Waals surface area contributed by atoms with Crippen LogP contribution in [0.1, 0.15) is 37.7 Å². The number of hydrogen-bond acceptors (Lipinski definition) is 3. The van der Waals surface area contributed by atoms with Crippen LogP contribution in [0.4, 0.5) is 0 Å². The lowest BCUT2D eigenvalue weighted by Crippen LogP contribution is -2.26. The van der Waals surface area contributed by atoms with Gasteiger partial charge in [-0.1, -0.05) is 18.6 Å². The molecule has 1 aromatic rings. The number of nitrogens with one attached hydrogen (secondary N) is 1. The predicted molar refractivity (Wildman–Crippen MR) is 93.8 cm³/mol. The van der Waals surface area contributed by atoms with Gasteiger partial charge in [-0.05, 0) is 68.3 Å². The third kappa shape index (κ3) is 3.59. The van der Waals surface area contributed by atoms with E-state index in [0.29, 0.717) is 24.3 Å². The van der Waals surface area contributed by atoms with Crippen molar-refractivity contribution >= 4 is 5.91 Å². The molecule has 1 aliphatic heterocycles. The second-order valence-electron chi connectivity index (χ2n) is 7.54. The highest BCUT2D eigenvalue weighted by atomic mass is 16.5. The lowest BCUT2D eigenvalue weighted by atomic mass is 10.1. The molecule has 4 heteroatoms. The minimum atomic E-state index is 0.260. The lowest BCUT2D eigenvalue weighted by molar-refractivity contribution is -0.123. The van der Waals surface area contributed by atoms with E-state index >= 15 is 0 Å². The second-order valence-corrected chi connectivity index (χ2v) is 7.54. The van der Waals surface area contributed by atoms with E-state index in [4.69, 9.17) is 4.74 Å². The molecule has 0 spiro atoms. The Morgan fingerprint density at radius 3 is 2.50 bits per heavy atom. The molecule has 4 nitrogen and oxygen atoms in total. The SMILES string of the molecule is O=C(NCc1ccc(OCCN2CCCC2)cc1)C1[C@H]2CCC[C@H]12. The highest BCUT2D eigenvalue weighted by Gasteiger charge is 2.56. The first-order valence-corrected chi connectivity index (χ1v) is 9.53. The van der Waals surface area contributed by atoms with E-state index in [1.54, 1.807) is 0 Å². The number of amides is 1. The molecule has 0 aromatic heterocycles. The van der Waals surface area contributed by atoms with Crippen molar-refractivity contribution in [1.82, 2.24) is 10.2 Å². The van der Waals surface area contributed by atoms with Crippen LogP contribution >= 0.6 is 0 Å². The Hall–Kier alpha value is -1.55. The molecule has 1 N–H and O–H groups in total. The van der Waals surface area contributed by atoms with Crippen molar-refractivity contribution < 1.29 is 9.53 Å². The molecule has 24 heavy (non-hydrogen) atoms. The molecule has 1 amide bonds. The summed E-state index contributed by atoms with van der Waals surface area (Å²) in [5, 5.41) is 3.10. The van der Waals surface area contributed by atoms with Crippen molar-refractivity contribution in [3.8, 4) is 5.75 Å². The molecule has 0 bridgehead atoms. The molecule has 130 valence electrons. The summed E-state index contributed by atoms with van der Waals surface area (Å²) in [5.41, 5.74) is 1.14. The fourth-order valence-electron chi connectivity index (χ4n) is 4.52. The van der Waals surface area contributed by atoms with Crippen molar-refractivity contribution in [3.05, 3.63) is 29.8 Å². The molecule has 3 fully saturated rings. The van der Waals surface area contributed by atoms with Gasteiger partial charge in [-0.3, -0.25) is 9.69 Å². The molecule has 2 aliphatic carbocycles. The van der Waals surface area contributed by atoms with Gasteiger partial charge in [-0.2, -0.15) is 0 Å². The molecule has 3 aliphatic rings. The van der Waals surface area contributed by atoms with Gasteiger partial charge >= 0.3 is 0 Å². The van der Waals surface area contributed by atoms with E-state index in [-0.39, 0.29) is 5.91 Å². The minimum absolute atomic E-state index is 0.260. The van der Waals surface area contributed by atoms with Gasteiger partial charge in [0, 0.05) is 19.0 Å². The fraction of sp³-hybridized carbons (Fsp3) is 0.650. The third-order valence-electron chi connectivity index (χ3n) is 5.97. The van der Waals surface area contributed by atoms with Crippen LogP contribution in [0, 0.1) is 17.8 Å². The number of ether oxygens (including phenoxy) is 1. The van der Waals surface area contributed by atoms with Crippen molar-refractivity contribution in [2.45, 2.75) is 38.6 Å². The highest BCUT2D eigenvalue weighted by Crippen LogP contribution is 2.57. The largest absolute Gasteiger partial charge is 0.492 e. The number of likely N-dealkylation sites (tertiary alicyclic amines) is 1. The van der Waals surface area contributed by atoms with Crippen LogP contribution in [0.25, 0.3) is 0 Å². The minimum Gasteiger partial charge on any atom is -0.492 e. The van der Waals surface area contributed by atoms with E-state index in [1.807, 2.05) is 12.1 Å². The Balaban J connectivity index is 1.17. The van der Waals surface area contributed by atoms with Crippen LogP contribution in [-0.4, -0.2) is 37.0 Å².